The molecule has 0 atom stereocenters. The summed E-state index contributed by atoms with van der Waals surface area (Å²) in [5.74, 6) is 0.538. The smallest absolute Gasteiger partial charge is 0.262 e. The molecule has 0 unspecified atom stereocenters. The summed E-state index contributed by atoms with van der Waals surface area (Å²) < 4.78 is 6.63. The lowest BCUT2D eigenvalue weighted by Gasteiger charge is -2.10. The van der Waals surface area contributed by atoms with E-state index in [1.807, 2.05) is 55.6 Å². The van der Waals surface area contributed by atoms with Crippen molar-refractivity contribution in [3.8, 4) is 5.75 Å². The lowest BCUT2D eigenvalue weighted by atomic mass is 10.2. The van der Waals surface area contributed by atoms with E-state index in [-0.39, 0.29) is 12.5 Å². The average Bonchev–Trinajstić information content (AvgIpc) is 2.48. The van der Waals surface area contributed by atoms with Crippen molar-refractivity contribution in [2.24, 2.45) is 0 Å². The van der Waals surface area contributed by atoms with E-state index in [1.165, 1.54) is 4.90 Å². The summed E-state index contributed by atoms with van der Waals surface area (Å²) in [7, 11) is 0. The highest BCUT2D eigenvalue weighted by Crippen LogP contribution is 2.20. The second-order valence-corrected chi connectivity index (χ2v) is 6.60. The Kier molecular flexibility index (Phi) is 5.93. The Balaban J connectivity index is 1.89. The number of carbonyl (C=O) groups excluding carboxylic acids is 1. The number of ether oxygens (including phenoxy) is 1. The van der Waals surface area contributed by atoms with E-state index in [0.29, 0.717) is 5.75 Å². The second kappa shape index (κ2) is 7.70. The van der Waals surface area contributed by atoms with Gasteiger partial charge >= 0.3 is 0 Å². The first-order chi connectivity index (χ1) is 10.1. The van der Waals surface area contributed by atoms with Gasteiger partial charge in [0.25, 0.3) is 5.91 Å². The number of rotatable bonds is 5. The summed E-state index contributed by atoms with van der Waals surface area (Å²) >= 11 is 3.92. The molecule has 0 fully saturated rings. The quantitative estimate of drug-likeness (QED) is 0.586. The fraction of sp³-hybridized carbons (Fsp3) is 0.188. The fourth-order valence-electron chi connectivity index (χ4n) is 1.77. The van der Waals surface area contributed by atoms with Gasteiger partial charge in [-0.25, -0.2) is 0 Å². The van der Waals surface area contributed by atoms with Gasteiger partial charge in [-0.15, -0.1) is 11.8 Å². The van der Waals surface area contributed by atoms with Gasteiger partial charge in [-0.3, -0.25) is 4.79 Å². The molecule has 0 bridgehead atoms. The minimum atomic E-state index is -0.159. The number of carbonyl (C=O) groups is 1. The molecule has 110 valence electrons. The zero-order valence-electron chi connectivity index (χ0n) is 11.9. The molecule has 0 aliphatic carbocycles. The van der Waals surface area contributed by atoms with E-state index in [0.717, 1.165) is 14.8 Å². The Morgan fingerprint density at radius 1 is 1.24 bits per heavy atom. The summed E-state index contributed by atoms with van der Waals surface area (Å²) in [6.07, 6.45) is 2.02. The van der Waals surface area contributed by atoms with Crippen LogP contribution in [0.3, 0.4) is 0 Å². The third-order valence-electron chi connectivity index (χ3n) is 2.89. The van der Waals surface area contributed by atoms with Gasteiger partial charge in [0, 0.05) is 14.2 Å². The number of thioether (sulfide) groups is 1. The number of hydrogen-bond acceptors (Lipinski definition) is 3. The Morgan fingerprint density at radius 3 is 2.57 bits per heavy atom. The molecule has 3 nitrogen and oxygen atoms in total. The number of hydrogen-bond donors (Lipinski definition) is 1. The van der Waals surface area contributed by atoms with Crippen LogP contribution in [0.4, 0.5) is 5.69 Å². The number of halogens is 1. The van der Waals surface area contributed by atoms with Crippen molar-refractivity contribution in [2.45, 2.75) is 11.8 Å². The summed E-state index contributed by atoms with van der Waals surface area (Å²) in [6, 6.07) is 13.6. The van der Waals surface area contributed by atoms with Gasteiger partial charge in [0.2, 0.25) is 0 Å². The van der Waals surface area contributed by atoms with E-state index in [9.17, 15) is 4.79 Å². The van der Waals surface area contributed by atoms with Crippen molar-refractivity contribution in [2.75, 3.05) is 18.2 Å². The predicted octanol–water partition coefficient (Wildman–Crippen LogP) is 4.34. The molecule has 0 saturated heterocycles. The van der Waals surface area contributed by atoms with E-state index in [2.05, 4.69) is 27.9 Å². The highest BCUT2D eigenvalue weighted by Gasteiger charge is 2.06. The molecule has 21 heavy (non-hydrogen) atoms. The Morgan fingerprint density at radius 2 is 1.95 bits per heavy atom. The first-order valence-corrected chi connectivity index (χ1v) is 8.71. The number of anilines is 1. The number of aryl methyl sites for hydroxylation is 1. The minimum absolute atomic E-state index is 0.00401. The Bertz CT molecular complexity index is 629. The fourth-order valence-corrected chi connectivity index (χ4v) is 2.83. The third kappa shape index (κ3) is 4.93. The summed E-state index contributed by atoms with van der Waals surface area (Å²) in [5.41, 5.74) is 1.86. The maximum Gasteiger partial charge on any atom is 0.262 e. The van der Waals surface area contributed by atoms with Crippen molar-refractivity contribution in [3.05, 3.63) is 51.6 Å². The monoisotopic (exact) mass is 413 g/mol. The molecule has 1 N–H and O–H groups in total. The van der Waals surface area contributed by atoms with Gasteiger partial charge < -0.3 is 10.1 Å². The Labute approximate surface area is 142 Å². The molecule has 2 rings (SSSR count). The SMILES string of the molecule is CSc1ccc(OCC(=O)Nc2ccc(I)cc2C)cc1. The van der Waals surface area contributed by atoms with Crippen LogP contribution in [0.25, 0.3) is 0 Å². The molecule has 0 radical (unpaired) electrons. The van der Waals surface area contributed by atoms with Gasteiger partial charge in [-0.1, -0.05) is 0 Å². The van der Waals surface area contributed by atoms with E-state index < -0.39 is 0 Å². The van der Waals surface area contributed by atoms with Crippen LogP contribution in [-0.2, 0) is 4.79 Å². The van der Waals surface area contributed by atoms with Crippen molar-refractivity contribution >= 4 is 45.9 Å². The molecule has 2 aromatic rings. The van der Waals surface area contributed by atoms with Gasteiger partial charge in [0.15, 0.2) is 6.61 Å². The van der Waals surface area contributed by atoms with Crippen LogP contribution < -0.4 is 10.1 Å². The predicted molar refractivity (Wildman–Crippen MR) is 96.2 cm³/mol. The van der Waals surface area contributed by atoms with Crippen LogP contribution in [0.5, 0.6) is 5.75 Å². The number of benzene rings is 2. The molecule has 1 amide bonds. The van der Waals surface area contributed by atoms with Gasteiger partial charge in [-0.2, -0.15) is 0 Å². The summed E-state index contributed by atoms with van der Waals surface area (Å²) in [6.45, 7) is 1.98. The van der Waals surface area contributed by atoms with E-state index >= 15 is 0 Å². The molecular weight excluding hydrogens is 397 g/mol. The van der Waals surface area contributed by atoms with Crippen LogP contribution in [0.2, 0.25) is 0 Å². The molecule has 0 spiro atoms. The highest BCUT2D eigenvalue weighted by molar-refractivity contribution is 14.1. The maximum absolute atomic E-state index is 11.9. The zero-order chi connectivity index (χ0) is 15.2. The molecule has 0 heterocycles. The lowest BCUT2D eigenvalue weighted by Crippen LogP contribution is -2.20. The number of nitrogens with one attached hydrogen (secondary N) is 1. The van der Waals surface area contributed by atoms with Crippen LogP contribution in [0, 0.1) is 10.5 Å². The highest BCUT2D eigenvalue weighted by atomic mass is 127. The van der Waals surface area contributed by atoms with Crippen LogP contribution >= 0.6 is 34.4 Å². The minimum Gasteiger partial charge on any atom is -0.484 e. The molecule has 0 aromatic heterocycles. The third-order valence-corrected chi connectivity index (χ3v) is 4.31. The molecular formula is C16H16INO2S. The van der Waals surface area contributed by atoms with E-state index in [4.69, 9.17) is 4.74 Å². The second-order valence-electron chi connectivity index (χ2n) is 4.47. The van der Waals surface area contributed by atoms with Crippen molar-refractivity contribution < 1.29 is 9.53 Å². The Hall–Kier alpha value is -1.21. The zero-order valence-corrected chi connectivity index (χ0v) is 14.8. The molecule has 0 saturated carbocycles. The number of amides is 1. The van der Waals surface area contributed by atoms with Gasteiger partial charge in [0.1, 0.15) is 5.75 Å². The summed E-state index contributed by atoms with van der Waals surface area (Å²) in [4.78, 5) is 13.1. The average molecular weight is 413 g/mol. The first kappa shape index (κ1) is 16.2. The van der Waals surface area contributed by atoms with Gasteiger partial charge in [0.05, 0.1) is 0 Å². The van der Waals surface area contributed by atoms with Crippen LogP contribution in [0.15, 0.2) is 47.4 Å². The van der Waals surface area contributed by atoms with Crippen molar-refractivity contribution in [3.63, 3.8) is 0 Å². The molecule has 2 aromatic carbocycles. The lowest BCUT2D eigenvalue weighted by molar-refractivity contribution is -0.118. The first-order valence-electron chi connectivity index (χ1n) is 6.41. The van der Waals surface area contributed by atoms with Crippen LogP contribution in [-0.4, -0.2) is 18.8 Å². The van der Waals surface area contributed by atoms with Crippen molar-refractivity contribution in [1.29, 1.82) is 0 Å². The van der Waals surface area contributed by atoms with Crippen LogP contribution in [0.1, 0.15) is 5.56 Å². The largest absolute Gasteiger partial charge is 0.484 e. The molecule has 5 heteroatoms. The van der Waals surface area contributed by atoms with Gasteiger partial charge in [-0.05, 0) is 83.8 Å². The van der Waals surface area contributed by atoms with Crippen molar-refractivity contribution in [1.82, 2.24) is 0 Å². The maximum atomic E-state index is 11.9. The standard InChI is InChI=1S/C16H16INO2S/c1-11-9-12(17)3-8-15(11)18-16(19)10-20-13-4-6-14(21-2)7-5-13/h3-9H,10H2,1-2H3,(H,18,19). The molecule has 0 aliphatic rings. The summed E-state index contributed by atoms with van der Waals surface area (Å²) in [5, 5.41) is 2.86. The molecule has 0 aliphatic heterocycles. The normalized spacial score (nSPS) is 10.2. The topological polar surface area (TPSA) is 38.3 Å². The van der Waals surface area contributed by atoms with E-state index in [1.54, 1.807) is 11.8 Å².